The van der Waals surface area contributed by atoms with Crippen LogP contribution in [0.1, 0.15) is 0 Å². The molecule has 0 aliphatic heterocycles. The van der Waals surface area contributed by atoms with Crippen LogP contribution < -0.4 is 16.3 Å². The molecule has 0 spiro atoms. The first kappa shape index (κ1) is 15.1. The lowest BCUT2D eigenvalue weighted by Gasteiger charge is -2.09. The summed E-state index contributed by atoms with van der Waals surface area (Å²) in [5.74, 6) is 1.06. The van der Waals surface area contributed by atoms with Gasteiger partial charge in [0.15, 0.2) is 0 Å². The van der Waals surface area contributed by atoms with Gasteiger partial charge < -0.3 is 15.1 Å². The van der Waals surface area contributed by atoms with Crippen molar-refractivity contribution < 1.29 is 4.42 Å². The van der Waals surface area contributed by atoms with Gasteiger partial charge in [0.05, 0.1) is 0 Å². The summed E-state index contributed by atoms with van der Waals surface area (Å²) in [6, 6.07) is 11.1. The van der Waals surface area contributed by atoms with E-state index < -0.39 is 5.63 Å². The standard InChI is InChI=1S/C18H15N5O2/c24-17-15-13(12-4-1-2-5-14(12)25-17)6-9-19-16(15)20-10-11-23-18-21-7-3-8-22-18/h1-9H,10-11H2,(H,19,20)(H,21,22,23). The quantitative estimate of drug-likeness (QED) is 0.329. The summed E-state index contributed by atoms with van der Waals surface area (Å²) in [4.78, 5) is 24.9. The van der Waals surface area contributed by atoms with Crippen molar-refractivity contribution in [2.45, 2.75) is 0 Å². The molecule has 7 nitrogen and oxygen atoms in total. The minimum Gasteiger partial charge on any atom is -0.422 e. The summed E-state index contributed by atoms with van der Waals surface area (Å²) in [5.41, 5.74) is 0.170. The van der Waals surface area contributed by atoms with Crippen molar-refractivity contribution in [3.8, 4) is 0 Å². The number of aromatic nitrogens is 3. The Balaban J connectivity index is 1.60. The third-order valence-corrected chi connectivity index (χ3v) is 3.80. The van der Waals surface area contributed by atoms with Gasteiger partial charge in [-0.2, -0.15) is 0 Å². The van der Waals surface area contributed by atoms with E-state index in [1.54, 1.807) is 30.7 Å². The monoisotopic (exact) mass is 333 g/mol. The molecule has 0 radical (unpaired) electrons. The van der Waals surface area contributed by atoms with Gasteiger partial charge in [0.25, 0.3) is 0 Å². The Hall–Kier alpha value is -3.48. The lowest BCUT2D eigenvalue weighted by Crippen LogP contribution is -2.17. The SMILES string of the molecule is O=c1oc2ccccc2c2ccnc(NCCNc3ncccn3)c12. The summed E-state index contributed by atoms with van der Waals surface area (Å²) in [7, 11) is 0. The number of fused-ring (bicyclic) bond motifs is 3. The maximum absolute atomic E-state index is 12.4. The molecule has 0 aliphatic carbocycles. The van der Waals surface area contributed by atoms with Gasteiger partial charge in [0.1, 0.15) is 16.8 Å². The molecule has 2 N–H and O–H groups in total. The van der Waals surface area contributed by atoms with Crippen molar-refractivity contribution in [1.82, 2.24) is 15.0 Å². The van der Waals surface area contributed by atoms with E-state index in [1.807, 2.05) is 24.3 Å². The Morgan fingerprint density at radius 3 is 2.52 bits per heavy atom. The van der Waals surface area contributed by atoms with Crippen molar-refractivity contribution in [2.75, 3.05) is 23.7 Å². The zero-order valence-corrected chi connectivity index (χ0v) is 13.3. The third kappa shape index (κ3) is 2.99. The number of benzene rings is 1. The van der Waals surface area contributed by atoms with Gasteiger partial charge in [-0.15, -0.1) is 0 Å². The van der Waals surface area contributed by atoms with Crippen LogP contribution in [0, 0.1) is 0 Å². The molecule has 7 heteroatoms. The fraction of sp³-hybridized carbons (Fsp3) is 0.111. The fourth-order valence-electron chi connectivity index (χ4n) is 2.70. The van der Waals surface area contributed by atoms with Crippen molar-refractivity contribution in [1.29, 1.82) is 0 Å². The van der Waals surface area contributed by atoms with Gasteiger partial charge in [-0.3, -0.25) is 0 Å². The average molecular weight is 333 g/mol. The number of hydrogen-bond donors (Lipinski definition) is 2. The smallest absolute Gasteiger partial charge is 0.347 e. The number of hydrogen-bond acceptors (Lipinski definition) is 7. The number of nitrogens with one attached hydrogen (secondary N) is 2. The van der Waals surface area contributed by atoms with E-state index >= 15 is 0 Å². The van der Waals surface area contributed by atoms with Crippen molar-refractivity contribution >= 4 is 33.5 Å². The normalized spacial score (nSPS) is 10.9. The van der Waals surface area contributed by atoms with Crippen LogP contribution in [0.15, 0.2) is 64.2 Å². The molecule has 3 aromatic heterocycles. The predicted molar refractivity (Wildman–Crippen MR) is 96.8 cm³/mol. The zero-order valence-electron chi connectivity index (χ0n) is 13.3. The molecule has 0 amide bonds. The molecule has 3 heterocycles. The summed E-state index contributed by atoms with van der Waals surface area (Å²) in [6.07, 6.45) is 5.03. The summed E-state index contributed by atoms with van der Waals surface area (Å²) in [6.45, 7) is 1.14. The van der Waals surface area contributed by atoms with Crippen LogP contribution in [0.5, 0.6) is 0 Å². The van der Waals surface area contributed by atoms with E-state index in [0.717, 1.165) is 10.8 Å². The van der Waals surface area contributed by atoms with E-state index in [1.165, 1.54) is 0 Å². The molecular formula is C18H15N5O2. The van der Waals surface area contributed by atoms with Crippen molar-refractivity contribution in [3.05, 3.63) is 65.4 Å². The Morgan fingerprint density at radius 2 is 1.64 bits per heavy atom. The topological polar surface area (TPSA) is 92.9 Å². The maximum Gasteiger partial charge on any atom is 0.347 e. The van der Waals surface area contributed by atoms with E-state index in [4.69, 9.17) is 4.42 Å². The minimum atomic E-state index is -0.399. The highest BCUT2D eigenvalue weighted by Gasteiger charge is 2.11. The van der Waals surface area contributed by atoms with Gasteiger partial charge in [-0.1, -0.05) is 18.2 Å². The Morgan fingerprint density at radius 1 is 0.840 bits per heavy atom. The maximum atomic E-state index is 12.4. The fourth-order valence-corrected chi connectivity index (χ4v) is 2.70. The first-order valence-electron chi connectivity index (χ1n) is 7.88. The first-order valence-corrected chi connectivity index (χ1v) is 7.88. The molecule has 0 saturated heterocycles. The molecule has 4 rings (SSSR count). The van der Waals surface area contributed by atoms with Crippen LogP contribution in [0.2, 0.25) is 0 Å². The highest BCUT2D eigenvalue weighted by atomic mass is 16.4. The van der Waals surface area contributed by atoms with Gasteiger partial charge >= 0.3 is 5.63 Å². The Kier molecular flexibility index (Phi) is 3.96. The number of pyridine rings is 1. The molecule has 0 atom stereocenters. The predicted octanol–water partition coefficient (Wildman–Crippen LogP) is 2.66. The van der Waals surface area contributed by atoms with Crippen LogP contribution >= 0.6 is 0 Å². The molecule has 1 aromatic carbocycles. The second-order valence-electron chi connectivity index (χ2n) is 5.39. The lowest BCUT2D eigenvalue weighted by atomic mass is 10.1. The van der Waals surface area contributed by atoms with Crippen molar-refractivity contribution in [2.24, 2.45) is 0 Å². The lowest BCUT2D eigenvalue weighted by molar-refractivity contribution is 0.569. The molecule has 4 aromatic rings. The Bertz CT molecular complexity index is 1080. The summed E-state index contributed by atoms with van der Waals surface area (Å²) >= 11 is 0. The van der Waals surface area contributed by atoms with E-state index in [2.05, 4.69) is 25.6 Å². The average Bonchev–Trinajstić information content (AvgIpc) is 2.66. The number of rotatable bonds is 5. The van der Waals surface area contributed by atoms with Crippen LogP contribution in [-0.4, -0.2) is 28.0 Å². The first-order chi connectivity index (χ1) is 12.3. The molecule has 0 bridgehead atoms. The van der Waals surface area contributed by atoms with Crippen LogP contribution in [-0.2, 0) is 0 Å². The number of anilines is 2. The molecule has 0 saturated carbocycles. The van der Waals surface area contributed by atoms with Crippen molar-refractivity contribution in [3.63, 3.8) is 0 Å². The Labute approximate surface area is 142 Å². The van der Waals surface area contributed by atoms with E-state index in [9.17, 15) is 4.79 Å². The van der Waals surface area contributed by atoms with Crippen LogP contribution in [0.25, 0.3) is 21.7 Å². The molecule has 25 heavy (non-hydrogen) atoms. The van der Waals surface area contributed by atoms with E-state index in [0.29, 0.717) is 35.8 Å². The number of nitrogens with zero attached hydrogens (tertiary/aromatic N) is 3. The van der Waals surface area contributed by atoms with Gasteiger partial charge in [-0.25, -0.2) is 19.7 Å². The van der Waals surface area contributed by atoms with E-state index in [-0.39, 0.29) is 0 Å². The largest absolute Gasteiger partial charge is 0.422 e. The molecule has 0 aliphatic rings. The molecule has 124 valence electrons. The van der Waals surface area contributed by atoms with Crippen LogP contribution in [0.4, 0.5) is 11.8 Å². The van der Waals surface area contributed by atoms with Gasteiger partial charge in [0.2, 0.25) is 5.95 Å². The highest BCUT2D eigenvalue weighted by molar-refractivity contribution is 6.07. The molecular weight excluding hydrogens is 318 g/mol. The zero-order chi connectivity index (χ0) is 17.1. The van der Waals surface area contributed by atoms with Crippen LogP contribution in [0.3, 0.4) is 0 Å². The third-order valence-electron chi connectivity index (χ3n) is 3.80. The van der Waals surface area contributed by atoms with Gasteiger partial charge in [0, 0.05) is 42.5 Å². The number of para-hydroxylation sites is 1. The van der Waals surface area contributed by atoms with Gasteiger partial charge in [-0.05, 0) is 18.2 Å². The summed E-state index contributed by atoms with van der Waals surface area (Å²) in [5, 5.41) is 8.43. The summed E-state index contributed by atoms with van der Waals surface area (Å²) < 4.78 is 5.42. The minimum absolute atomic E-state index is 0.399. The second-order valence-corrected chi connectivity index (χ2v) is 5.39. The molecule has 0 fully saturated rings. The molecule has 0 unspecified atom stereocenters. The second kappa shape index (κ2) is 6.56. The highest BCUT2D eigenvalue weighted by Crippen LogP contribution is 2.25.